The predicted octanol–water partition coefficient (Wildman–Crippen LogP) is 5.16. The number of rotatable bonds is 17. The van der Waals surface area contributed by atoms with Gasteiger partial charge in [0, 0.05) is 0 Å². The monoisotopic (exact) mass is 328 g/mol. The third kappa shape index (κ3) is 19.4. The van der Waals surface area contributed by atoms with Crippen molar-refractivity contribution >= 4 is 0 Å². The molecule has 0 heterocycles. The maximum atomic E-state index is 5.62. The summed E-state index contributed by atoms with van der Waals surface area (Å²) in [5, 5.41) is 0. The fourth-order valence-corrected chi connectivity index (χ4v) is 2.37. The molecule has 0 aromatic heterocycles. The van der Waals surface area contributed by atoms with Crippen LogP contribution in [0.25, 0.3) is 0 Å². The second kappa shape index (κ2) is 15.0. The molecule has 3 heteroatoms. The quantitative estimate of drug-likeness (QED) is 0.208. The van der Waals surface area contributed by atoms with E-state index < -0.39 is 0 Å². The molecule has 0 amide bonds. The highest BCUT2D eigenvalue weighted by atomic mass is 16.5. The van der Waals surface area contributed by atoms with E-state index in [4.69, 9.17) is 9.47 Å². The van der Waals surface area contributed by atoms with Gasteiger partial charge in [-0.15, -0.1) is 0 Å². The lowest BCUT2D eigenvalue weighted by Crippen LogP contribution is -2.37. The predicted molar refractivity (Wildman–Crippen MR) is 101 cm³/mol. The van der Waals surface area contributed by atoms with E-state index in [0.29, 0.717) is 6.61 Å². The van der Waals surface area contributed by atoms with Crippen LogP contribution in [0, 0.1) is 0 Å². The Bertz CT molecular complexity index is 271. The van der Waals surface area contributed by atoms with Crippen molar-refractivity contribution < 1.29 is 14.0 Å². The van der Waals surface area contributed by atoms with E-state index in [1.54, 1.807) is 0 Å². The average Bonchev–Trinajstić information content (AvgIpc) is 2.48. The van der Waals surface area contributed by atoms with Crippen molar-refractivity contribution in [3.8, 4) is 0 Å². The molecule has 0 radical (unpaired) electrons. The van der Waals surface area contributed by atoms with Crippen LogP contribution in [-0.2, 0) is 9.47 Å². The lowest BCUT2D eigenvalue weighted by atomic mass is 10.1. The number of unbranched alkanes of at least 4 members (excludes halogenated alkanes) is 9. The van der Waals surface area contributed by atoms with Gasteiger partial charge >= 0.3 is 0 Å². The number of likely N-dealkylation sites (N-methyl/N-ethyl adjacent to an activating group) is 1. The summed E-state index contributed by atoms with van der Waals surface area (Å²) in [6.07, 6.45) is 13.5. The van der Waals surface area contributed by atoms with E-state index in [1.807, 2.05) is 0 Å². The molecule has 3 nitrogen and oxygen atoms in total. The first kappa shape index (κ1) is 22.5. The Balaban J connectivity index is 3.20. The molecule has 0 aromatic carbocycles. The van der Waals surface area contributed by atoms with E-state index in [0.717, 1.165) is 36.4 Å². The van der Waals surface area contributed by atoms with Crippen molar-refractivity contribution in [2.24, 2.45) is 0 Å². The van der Waals surface area contributed by atoms with E-state index in [1.165, 1.54) is 57.8 Å². The van der Waals surface area contributed by atoms with Crippen LogP contribution < -0.4 is 0 Å². The van der Waals surface area contributed by atoms with Gasteiger partial charge < -0.3 is 14.0 Å². The van der Waals surface area contributed by atoms with Crippen LogP contribution in [0.4, 0.5) is 0 Å². The molecule has 0 aliphatic rings. The number of hydrogen-bond acceptors (Lipinski definition) is 2. The molecule has 23 heavy (non-hydrogen) atoms. The molecule has 0 saturated heterocycles. The molecule has 0 N–H and O–H groups in total. The molecule has 0 rings (SSSR count). The van der Waals surface area contributed by atoms with Gasteiger partial charge in [-0.3, -0.25) is 0 Å². The normalized spacial score (nSPS) is 11.7. The van der Waals surface area contributed by atoms with Crippen LogP contribution in [0.5, 0.6) is 0 Å². The molecule has 0 aliphatic carbocycles. The minimum Gasteiger partial charge on any atom is -0.496 e. The van der Waals surface area contributed by atoms with Crippen molar-refractivity contribution in [3.63, 3.8) is 0 Å². The van der Waals surface area contributed by atoms with Crippen LogP contribution in [0.15, 0.2) is 12.3 Å². The Morgan fingerprint density at radius 3 is 1.83 bits per heavy atom. The molecule has 0 aromatic rings. The van der Waals surface area contributed by atoms with Crippen molar-refractivity contribution in [3.05, 3.63) is 12.3 Å². The standard InChI is InChI=1S/C20H42NO2/c1-6-7-8-9-10-11-12-13-14-15-17-23-20(2)19-22-18-16-21(3,4)5/h2,6-19H2,1,3-5H3/q+1. The third-order valence-corrected chi connectivity index (χ3v) is 3.97. The van der Waals surface area contributed by atoms with Gasteiger partial charge in [-0.1, -0.05) is 71.3 Å². The maximum Gasteiger partial charge on any atom is 0.114 e. The van der Waals surface area contributed by atoms with Gasteiger partial charge in [0.05, 0.1) is 34.4 Å². The lowest BCUT2D eigenvalue weighted by molar-refractivity contribution is -0.870. The Kier molecular flexibility index (Phi) is 14.7. The molecule has 0 spiro atoms. The molecule has 138 valence electrons. The smallest absolute Gasteiger partial charge is 0.114 e. The highest BCUT2D eigenvalue weighted by Gasteiger charge is 2.06. The number of ether oxygens (including phenoxy) is 2. The van der Waals surface area contributed by atoms with Gasteiger partial charge in [-0.05, 0) is 6.42 Å². The molecule has 0 unspecified atom stereocenters. The van der Waals surface area contributed by atoms with Gasteiger partial charge in [-0.25, -0.2) is 0 Å². The molecule has 0 saturated carbocycles. The summed E-state index contributed by atoms with van der Waals surface area (Å²) in [7, 11) is 6.50. The molecule has 0 atom stereocenters. The Morgan fingerprint density at radius 2 is 1.30 bits per heavy atom. The van der Waals surface area contributed by atoms with Crippen LogP contribution in [0.3, 0.4) is 0 Å². The Hall–Kier alpha value is -0.540. The minimum atomic E-state index is 0.526. The van der Waals surface area contributed by atoms with Crippen molar-refractivity contribution in [2.45, 2.75) is 71.1 Å². The number of hydrogen-bond donors (Lipinski definition) is 0. The topological polar surface area (TPSA) is 18.5 Å². The largest absolute Gasteiger partial charge is 0.496 e. The summed E-state index contributed by atoms with van der Waals surface area (Å²) >= 11 is 0. The summed E-state index contributed by atoms with van der Waals surface area (Å²) in [6, 6.07) is 0. The number of quaternary nitrogens is 1. The van der Waals surface area contributed by atoms with Gasteiger partial charge in [0.25, 0.3) is 0 Å². The first-order chi connectivity index (χ1) is 11.0. The van der Waals surface area contributed by atoms with Crippen molar-refractivity contribution in [2.75, 3.05) is 47.5 Å². The molecular weight excluding hydrogens is 286 g/mol. The number of nitrogens with zero attached hydrogens (tertiary/aromatic N) is 1. The van der Waals surface area contributed by atoms with Gasteiger partial charge in [-0.2, -0.15) is 0 Å². The fraction of sp³-hybridized carbons (Fsp3) is 0.900. The first-order valence-corrected chi connectivity index (χ1v) is 9.64. The van der Waals surface area contributed by atoms with E-state index in [9.17, 15) is 0 Å². The first-order valence-electron chi connectivity index (χ1n) is 9.64. The van der Waals surface area contributed by atoms with Gasteiger partial charge in [0.15, 0.2) is 0 Å². The summed E-state index contributed by atoms with van der Waals surface area (Å²) in [6.45, 7) is 9.26. The van der Waals surface area contributed by atoms with Crippen LogP contribution in [0.2, 0.25) is 0 Å². The SMILES string of the molecule is C=C(COCC[N+](C)(C)C)OCCCCCCCCCCCC. The van der Waals surface area contributed by atoms with Crippen LogP contribution >= 0.6 is 0 Å². The van der Waals surface area contributed by atoms with Gasteiger partial charge in [0.1, 0.15) is 18.9 Å². The second-order valence-electron chi connectivity index (χ2n) is 7.64. The van der Waals surface area contributed by atoms with E-state index in [2.05, 4.69) is 34.6 Å². The summed E-state index contributed by atoms with van der Waals surface area (Å²) in [5.74, 6) is 0.766. The Morgan fingerprint density at radius 1 is 0.783 bits per heavy atom. The zero-order chi connectivity index (χ0) is 17.4. The lowest BCUT2D eigenvalue weighted by Gasteiger charge is -2.23. The zero-order valence-corrected chi connectivity index (χ0v) is 16.4. The van der Waals surface area contributed by atoms with Crippen molar-refractivity contribution in [1.29, 1.82) is 0 Å². The maximum absolute atomic E-state index is 5.62. The summed E-state index contributed by atoms with van der Waals surface area (Å²) < 4.78 is 12.1. The van der Waals surface area contributed by atoms with Gasteiger partial charge in [0.2, 0.25) is 0 Å². The minimum absolute atomic E-state index is 0.526. The zero-order valence-electron chi connectivity index (χ0n) is 16.4. The molecule has 0 aliphatic heterocycles. The highest BCUT2D eigenvalue weighted by molar-refractivity contribution is 4.81. The van der Waals surface area contributed by atoms with Crippen LogP contribution in [0.1, 0.15) is 71.1 Å². The fourth-order valence-electron chi connectivity index (χ4n) is 2.37. The van der Waals surface area contributed by atoms with Crippen molar-refractivity contribution in [1.82, 2.24) is 0 Å². The van der Waals surface area contributed by atoms with E-state index in [-0.39, 0.29) is 0 Å². The molecular formula is C20H42NO2+. The highest BCUT2D eigenvalue weighted by Crippen LogP contribution is 2.10. The van der Waals surface area contributed by atoms with Crippen LogP contribution in [-0.4, -0.2) is 52.0 Å². The Labute approximate surface area is 145 Å². The molecule has 0 fully saturated rings. The average molecular weight is 329 g/mol. The third-order valence-electron chi connectivity index (χ3n) is 3.97. The van der Waals surface area contributed by atoms with E-state index >= 15 is 0 Å². The summed E-state index contributed by atoms with van der Waals surface area (Å²) in [4.78, 5) is 0. The molecule has 0 bridgehead atoms. The summed E-state index contributed by atoms with van der Waals surface area (Å²) in [5.41, 5.74) is 0. The second-order valence-corrected chi connectivity index (χ2v) is 7.64.